The highest BCUT2D eigenvalue weighted by Crippen LogP contribution is 1.98. The van der Waals surface area contributed by atoms with Crippen LogP contribution in [0.4, 0.5) is 0 Å². The van der Waals surface area contributed by atoms with Gasteiger partial charge in [0.05, 0.1) is 0 Å². The molecular weight excluding hydrogens is 198 g/mol. The third-order valence-corrected chi connectivity index (χ3v) is 2.04. The molecule has 14 heavy (non-hydrogen) atoms. The molecule has 0 spiro atoms. The lowest BCUT2D eigenvalue weighted by Gasteiger charge is -2.02. The molecule has 2 aromatic heterocycles. The van der Waals surface area contributed by atoms with Crippen LogP contribution in [0.3, 0.4) is 0 Å². The van der Waals surface area contributed by atoms with E-state index >= 15 is 0 Å². The van der Waals surface area contributed by atoms with Gasteiger partial charge < -0.3 is 4.98 Å². The fourth-order valence-corrected chi connectivity index (χ4v) is 1.38. The van der Waals surface area contributed by atoms with Crippen LogP contribution in [0.1, 0.15) is 0 Å². The number of aromatic nitrogens is 3. The first-order valence-electron chi connectivity index (χ1n) is 4.01. The lowest BCUT2D eigenvalue weighted by molar-refractivity contribution is 0.879. The lowest BCUT2D eigenvalue weighted by Crippen LogP contribution is -2.19. The first kappa shape index (κ1) is 8.83. The van der Waals surface area contributed by atoms with Crippen LogP contribution in [-0.2, 0) is 0 Å². The van der Waals surface area contributed by atoms with Gasteiger partial charge >= 0.3 is 0 Å². The van der Waals surface area contributed by atoms with Crippen molar-refractivity contribution in [3.8, 4) is 5.82 Å². The molecule has 0 atom stereocenters. The van der Waals surface area contributed by atoms with Crippen molar-refractivity contribution in [3.63, 3.8) is 0 Å². The number of rotatable bonds is 1. The topological polar surface area (TPSA) is 50.7 Å². The SMILES string of the molecule is O=c1cc[nH]c(=S)n1-c1ccccn1. The third kappa shape index (κ3) is 1.49. The lowest BCUT2D eigenvalue weighted by atomic mass is 10.4. The number of pyridine rings is 1. The van der Waals surface area contributed by atoms with Gasteiger partial charge in [0.15, 0.2) is 4.77 Å². The highest BCUT2D eigenvalue weighted by molar-refractivity contribution is 7.71. The zero-order chi connectivity index (χ0) is 9.97. The Morgan fingerprint density at radius 2 is 2.21 bits per heavy atom. The number of nitrogens with zero attached hydrogens (tertiary/aromatic N) is 2. The Balaban J connectivity index is 2.76. The van der Waals surface area contributed by atoms with Gasteiger partial charge in [-0.1, -0.05) is 6.07 Å². The van der Waals surface area contributed by atoms with Crippen LogP contribution in [0.2, 0.25) is 0 Å². The summed E-state index contributed by atoms with van der Waals surface area (Å²) in [5, 5.41) is 0. The standard InChI is InChI=1S/C9H7N3OS/c13-8-4-6-11-9(14)12(8)7-3-1-2-5-10-7/h1-6H,(H,11,14). The highest BCUT2D eigenvalue weighted by atomic mass is 32.1. The number of hydrogen-bond acceptors (Lipinski definition) is 3. The molecule has 4 nitrogen and oxygen atoms in total. The molecule has 0 fully saturated rings. The van der Waals surface area contributed by atoms with Crippen molar-refractivity contribution in [2.75, 3.05) is 0 Å². The second-order valence-electron chi connectivity index (χ2n) is 2.64. The predicted molar refractivity (Wildman–Crippen MR) is 55.0 cm³/mol. The van der Waals surface area contributed by atoms with Gasteiger partial charge in [-0.25, -0.2) is 9.55 Å². The van der Waals surface area contributed by atoms with E-state index in [0.717, 1.165) is 0 Å². The Morgan fingerprint density at radius 1 is 1.36 bits per heavy atom. The number of hydrogen-bond donors (Lipinski definition) is 1. The normalized spacial score (nSPS) is 10.0. The Hall–Kier alpha value is -1.75. The molecule has 0 amide bonds. The summed E-state index contributed by atoms with van der Waals surface area (Å²) in [6.07, 6.45) is 3.13. The van der Waals surface area contributed by atoms with Gasteiger partial charge in [0.1, 0.15) is 5.82 Å². The van der Waals surface area contributed by atoms with E-state index in [1.54, 1.807) is 24.4 Å². The summed E-state index contributed by atoms with van der Waals surface area (Å²) in [4.78, 5) is 18.3. The smallest absolute Gasteiger partial charge is 0.260 e. The van der Waals surface area contributed by atoms with E-state index in [0.29, 0.717) is 10.6 Å². The second kappa shape index (κ2) is 3.55. The molecule has 0 unspecified atom stereocenters. The maximum Gasteiger partial charge on any atom is 0.260 e. The van der Waals surface area contributed by atoms with Crippen LogP contribution >= 0.6 is 12.2 Å². The summed E-state index contributed by atoms with van der Waals surface area (Å²) in [6.45, 7) is 0. The van der Waals surface area contributed by atoms with Crippen molar-refractivity contribution in [1.29, 1.82) is 0 Å². The zero-order valence-corrected chi connectivity index (χ0v) is 7.99. The van der Waals surface area contributed by atoms with Gasteiger partial charge in [0.2, 0.25) is 0 Å². The van der Waals surface area contributed by atoms with Crippen LogP contribution in [0.15, 0.2) is 41.5 Å². The first-order valence-corrected chi connectivity index (χ1v) is 4.42. The molecule has 5 heteroatoms. The van der Waals surface area contributed by atoms with E-state index in [4.69, 9.17) is 12.2 Å². The molecule has 0 aromatic carbocycles. The Labute approximate surface area is 84.9 Å². The average molecular weight is 205 g/mol. The minimum atomic E-state index is -0.188. The fourth-order valence-electron chi connectivity index (χ4n) is 1.13. The summed E-state index contributed by atoms with van der Waals surface area (Å²) >= 11 is 4.99. The van der Waals surface area contributed by atoms with Gasteiger partial charge in [-0.2, -0.15) is 0 Å². The monoisotopic (exact) mass is 205 g/mol. The Bertz CT molecular complexity index is 515. The van der Waals surface area contributed by atoms with Gasteiger partial charge in [0, 0.05) is 18.5 Å². The van der Waals surface area contributed by atoms with E-state index < -0.39 is 0 Å². The van der Waals surface area contributed by atoms with Crippen molar-refractivity contribution >= 4 is 12.2 Å². The van der Waals surface area contributed by atoms with Gasteiger partial charge in [-0.05, 0) is 24.4 Å². The maximum atomic E-state index is 11.5. The summed E-state index contributed by atoms with van der Waals surface area (Å²) in [7, 11) is 0. The summed E-state index contributed by atoms with van der Waals surface area (Å²) in [6, 6.07) is 6.72. The minimum absolute atomic E-state index is 0.188. The van der Waals surface area contributed by atoms with Crippen molar-refractivity contribution in [3.05, 3.63) is 51.8 Å². The number of H-pyrrole nitrogens is 1. The van der Waals surface area contributed by atoms with Crippen molar-refractivity contribution in [2.45, 2.75) is 0 Å². The van der Waals surface area contributed by atoms with Crippen LogP contribution in [0.5, 0.6) is 0 Å². The largest absolute Gasteiger partial charge is 0.338 e. The molecule has 70 valence electrons. The third-order valence-electron chi connectivity index (χ3n) is 1.73. The quantitative estimate of drug-likeness (QED) is 0.714. The van der Waals surface area contributed by atoms with E-state index in [9.17, 15) is 4.79 Å². The summed E-state index contributed by atoms with van der Waals surface area (Å²) in [5.41, 5.74) is -0.188. The van der Waals surface area contributed by atoms with E-state index in [1.807, 2.05) is 0 Å². The predicted octanol–water partition coefficient (Wildman–Crippen LogP) is 1.29. The van der Waals surface area contributed by atoms with Crippen molar-refractivity contribution in [1.82, 2.24) is 14.5 Å². The zero-order valence-electron chi connectivity index (χ0n) is 7.18. The van der Waals surface area contributed by atoms with Crippen LogP contribution in [0.25, 0.3) is 5.82 Å². The van der Waals surface area contributed by atoms with Crippen LogP contribution in [-0.4, -0.2) is 14.5 Å². The van der Waals surface area contributed by atoms with Gasteiger partial charge in [0.25, 0.3) is 5.56 Å². The molecule has 0 aliphatic heterocycles. The molecule has 2 rings (SSSR count). The molecule has 0 aliphatic carbocycles. The van der Waals surface area contributed by atoms with Crippen molar-refractivity contribution < 1.29 is 0 Å². The molecule has 2 aromatic rings. The summed E-state index contributed by atoms with van der Waals surface area (Å²) < 4.78 is 1.69. The van der Waals surface area contributed by atoms with Crippen LogP contribution < -0.4 is 5.56 Å². The summed E-state index contributed by atoms with van der Waals surface area (Å²) in [5.74, 6) is 0.527. The van der Waals surface area contributed by atoms with Gasteiger partial charge in [-0.3, -0.25) is 4.79 Å². The molecule has 0 saturated carbocycles. The Morgan fingerprint density at radius 3 is 2.86 bits per heavy atom. The van der Waals surface area contributed by atoms with E-state index in [2.05, 4.69) is 9.97 Å². The molecule has 1 N–H and O–H groups in total. The Kier molecular flexibility index (Phi) is 2.24. The highest BCUT2D eigenvalue weighted by Gasteiger charge is 2.00. The molecular formula is C9H7N3OS. The molecule has 0 aliphatic rings. The van der Waals surface area contributed by atoms with Crippen molar-refractivity contribution in [2.24, 2.45) is 0 Å². The van der Waals surface area contributed by atoms with Crippen LogP contribution in [0, 0.1) is 4.77 Å². The molecule has 0 radical (unpaired) electrons. The van der Waals surface area contributed by atoms with Gasteiger partial charge in [-0.15, -0.1) is 0 Å². The fraction of sp³-hybridized carbons (Fsp3) is 0. The minimum Gasteiger partial charge on any atom is -0.338 e. The molecule has 2 heterocycles. The van der Waals surface area contributed by atoms with E-state index in [1.165, 1.54) is 16.8 Å². The molecule has 0 saturated heterocycles. The average Bonchev–Trinajstić information content (AvgIpc) is 2.19. The first-order chi connectivity index (χ1) is 6.79. The van der Waals surface area contributed by atoms with E-state index in [-0.39, 0.29) is 5.56 Å². The number of nitrogens with one attached hydrogen (secondary N) is 1. The maximum absolute atomic E-state index is 11.5. The number of aromatic amines is 1. The molecule has 0 bridgehead atoms. The second-order valence-corrected chi connectivity index (χ2v) is 3.03.